The zero-order valence-corrected chi connectivity index (χ0v) is 85.7. The molecule has 0 aliphatic carbocycles. The first kappa shape index (κ1) is 227. The molecule has 26 N–H and O–H groups in total. The number of carbonyl (C=O) groups is 20. The molecule has 0 aromatic rings. The molecule has 94 heteroatoms. The van der Waals surface area contributed by atoms with Crippen molar-refractivity contribution in [3.63, 3.8) is 0 Å². The van der Waals surface area contributed by atoms with Crippen LogP contribution < -0.4 is 487 Å². The van der Waals surface area contributed by atoms with E-state index < -0.39 is 123 Å². The Kier molecular flexibility index (Phi) is 440. The molecule has 0 aromatic carbocycles. The van der Waals surface area contributed by atoms with Crippen LogP contribution in [0.3, 0.4) is 0 Å². The van der Waals surface area contributed by atoms with Gasteiger partial charge < -0.3 is 244 Å². The minimum Gasteiger partial charge on any atom is -0.659 e. The van der Waals surface area contributed by atoms with Crippen LogP contribution in [0.25, 0.3) is 0 Å². The van der Waals surface area contributed by atoms with Crippen molar-refractivity contribution >= 4 is 123 Å². The Bertz CT molecular complexity index is 1440. The Morgan fingerprint density at radius 1 is 0.114 bits per heavy atom. The summed E-state index contributed by atoms with van der Waals surface area (Å²) in [4.78, 5) is 227. The molecule has 0 spiro atoms. The van der Waals surface area contributed by atoms with Crippen molar-refractivity contribution in [2.24, 2.45) is 0 Å². The van der Waals surface area contributed by atoms with Crippen molar-refractivity contribution < 1.29 is 815 Å². The van der Waals surface area contributed by atoms with Gasteiger partial charge in [0.25, 0.3) is 0 Å². The Hall–Kier alpha value is -1.40. The molecule has 80 nitrogen and oxygen atoms in total. The number of hydrogen-bond acceptors (Lipinski definition) is 60. The molecule has 0 radical (unpaired) electrons. The first-order valence-electron chi connectivity index (χ1n) is 16.1. The van der Waals surface area contributed by atoms with E-state index in [1.165, 1.54) is 0 Å². The summed E-state index contributed by atoms with van der Waals surface area (Å²) < 4.78 is 0. The third kappa shape index (κ3) is 892. The molecule has 114 heavy (non-hydrogen) atoms. The standard InChI is InChI=1S/20CH2O4.14Na/c20*2-1(3)5-4;;;;;;;;;;;;;;/h20*4H,(H,2,3);;;;;;;;;;;;;;/q;;;;;;;;;;;;;;;;;;;;14*+1/p-14. The van der Waals surface area contributed by atoms with Gasteiger partial charge in [0, 0.05) is 0 Å². The van der Waals surface area contributed by atoms with Crippen LogP contribution in [0, 0.1) is 0 Å². The van der Waals surface area contributed by atoms with E-state index in [0.29, 0.717) is 0 Å². The molecular formula is C20H26Na14O80. The van der Waals surface area contributed by atoms with E-state index in [-0.39, 0.29) is 414 Å². The van der Waals surface area contributed by atoms with Crippen molar-refractivity contribution in [2.75, 3.05) is 0 Å². The zero-order valence-electron chi connectivity index (χ0n) is 57.7. The Labute approximate surface area is 922 Å². The quantitative estimate of drug-likeness (QED) is 0.0463. The van der Waals surface area contributed by atoms with Gasteiger partial charge >= 0.3 is 537 Å². The molecule has 0 bridgehead atoms. The van der Waals surface area contributed by atoms with Gasteiger partial charge in [0.1, 0.15) is 0 Å². The summed E-state index contributed by atoms with van der Waals surface area (Å²) in [5, 5.41) is 306. The molecule has 0 rings (SSSR count). The smallest absolute Gasteiger partial charge is 0.659 e. The summed E-state index contributed by atoms with van der Waals surface area (Å²) >= 11 is 0. The summed E-state index contributed by atoms with van der Waals surface area (Å²) in [6, 6.07) is 0. The summed E-state index contributed by atoms with van der Waals surface area (Å²) in [5.74, 6) is 0. The van der Waals surface area contributed by atoms with Crippen LogP contribution >= 0.6 is 0 Å². The van der Waals surface area contributed by atoms with E-state index >= 15 is 0 Å². The monoisotopic (exact) mass is 1870 g/mol. The molecule has 0 saturated carbocycles. The predicted molar refractivity (Wildman–Crippen MR) is 198 cm³/mol. The van der Waals surface area contributed by atoms with Crippen molar-refractivity contribution in [1.82, 2.24) is 0 Å². The van der Waals surface area contributed by atoms with Crippen LogP contribution in [0.15, 0.2) is 0 Å². The van der Waals surface area contributed by atoms with Crippen LogP contribution in [-0.2, 0) is 97.8 Å². The average Bonchev–Trinajstić information content (AvgIpc) is 3.56. The summed E-state index contributed by atoms with van der Waals surface area (Å²) in [5.41, 5.74) is 0. The number of carboxylic acid groups (broad SMARTS) is 20. The fourth-order valence-electron chi connectivity index (χ4n) is 0. The molecule has 0 aliphatic rings. The maximum Gasteiger partial charge on any atom is 1.00 e. The van der Waals surface area contributed by atoms with E-state index in [4.69, 9.17) is 303 Å². The number of rotatable bonds is 0. The molecule has 0 heterocycles. The second kappa shape index (κ2) is 221. The van der Waals surface area contributed by atoms with E-state index in [1.54, 1.807) is 0 Å². The Morgan fingerprint density at radius 3 is 0.132 bits per heavy atom. The Balaban J connectivity index is -0.0000000183. The van der Waals surface area contributed by atoms with E-state index in [1.807, 2.05) is 0 Å². The molecule has 0 fully saturated rings. The van der Waals surface area contributed by atoms with Gasteiger partial charge in [-0.1, -0.05) is 0 Å². The van der Waals surface area contributed by atoms with Gasteiger partial charge in [-0.2, -0.15) is 31.5 Å². The second-order valence-corrected chi connectivity index (χ2v) is 7.03. The fourth-order valence-corrected chi connectivity index (χ4v) is 0. The summed E-state index contributed by atoms with van der Waals surface area (Å²) in [7, 11) is 0. The van der Waals surface area contributed by atoms with Gasteiger partial charge in [-0.25, -0.2) is 95.9 Å². The second-order valence-electron chi connectivity index (χ2n) is 7.03. The maximum absolute atomic E-state index is 8.90. The first-order chi connectivity index (χ1) is 45.4. The molecule has 0 amide bonds. The molecule has 0 unspecified atom stereocenters. The number of hydrogen-bond donors (Lipinski definition) is 26. The predicted octanol–water partition coefficient (Wildman–Crippen LogP) is -55.6. The minimum atomic E-state index is -1.80. The van der Waals surface area contributed by atoms with Gasteiger partial charge in [-0.3, -0.25) is 29.3 Å². The molecule has 0 aliphatic heterocycles. The molecule has 600 valence electrons. The fraction of sp³-hybridized carbons (Fsp3) is 0. The first-order valence-corrected chi connectivity index (χ1v) is 16.1. The molecule has 0 aromatic heterocycles. The van der Waals surface area contributed by atoms with E-state index in [9.17, 15) is 0 Å². The topological polar surface area (TPSA) is 1370 Å². The van der Waals surface area contributed by atoms with Gasteiger partial charge in [0.15, 0.2) is 0 Å². The van der Waals surface area contributed by atoms with Crippen molar-refractivity contribution in [3.05, 3.63) is 0 Å². The van der Waals surface area contributed by atoms with Crippen LogP contribution in [-0.4, -0.2) is 257 Å². The zero-order chi connectivity index (χ0) is 85.7. The third-order valence-electron chi connectivity index (χ3n) is 1.47. The third-order valence-corrected chi connectivity index (χ3v) is 1.47. The Morgan fingerprint density at radius 2 is 0.132 bits per heavy atom. The van der Waals surface area contributed by atoms with Crippen LogP contribution in [0.2, 0.25) is 0 Å². The van der Waals surface area contributed by atoms with Crippen LogP contribution in [0.4, 0.5) is 95.9 Å². The molecule has 0 atom stereocenters. The summed E-state index contributed by atoms with van der Waals surface area (Å²) in [6.45, 7) is 0. The SMILES string of the molecule is O=C(O)OO.O=C(O)OO.O=C(O)OO.O=C(O)OO.O=C(O)OO.O=C(O)OO.O=C(O)O[O-].O=C(O)O[O-].O=C(O)O[O-].O=C(O)O[O-].O=C(O)O[O-].O=C(O)O[O-].O=C(O)O[O-].O=C(O)O[O-].O=C(O)O[O-].O=C(O)O[O-].O=C(O)O[O-].O=C(O)O[O-].O=C(O)O[O-].O=C(O)O[O-].[Na+].[Na+].[Na+].[Na+].[Na+].[Na+].[Na+].[Na+].[Na+].[Na+].[Na+].[Na+].[Na+].[Na+]. The van der Waals surface area contributed by atoms with Crippen LogP contribution in [0.1, 0.15) is 0 Å². The largest absolute Gasteiger partial charge is 1.00 e. The van der Waals surface area contributed by atoms with Gasteiger partial charge in [0.05, 0.1) is 0 Å². The molecular weight excluding hydrogens is 1840 g/mol. The van der Waals surface area contributed by atoms with Crippen molar-refractivity contribution in [2.45, 2.75) is 0 Å². The average molecular weight is 1870 g/mol. The minimum absolute atomic E-state index is 0. The van der Waals surface area contributed by atoms with Gasteiger partial charge in [-0.05, 0) is 0 Å². The maximum atomic E-state index is 8.90. The van der Waals surface area contributed by atoms with Gasteiger partial charge in [-0.15, -0.1) is 0 Å². The van der Waals surface area contributed by atoms with Crippen molar-refractivity contribution in [1.29, 1.82) is 0 Å². The summed E-state index contributed by atoms with van der Waals surface area (Å²) in [6.07, 6.45) is -35.4. The van der Waals surface area contributed by atoms with E-state index in [2.05, 4.69) is 97.8 Å². The van der Waals surface area contributed by atoms with Crippen LogP contribution in [0.5, 0.6) is 0 Å². The van der Waals surface area contributed by atoms with Crippen molar-refractivity contribution in [3.8, 4) is 0 Å². The normalized spacial score (nSPS) is 5.79. The van der Waals surface area contributed by atoms with Gasteiger partial charge in [0.2, 0.25) is 0 Å². The van der Waals surface area contributed by atoms with E-state index in [0.717, 1.165) is 0 Å². The molecule has 0 saturated heterocycles.